The van der Waals surface area contributed by atoms with Gasteiger partial charge in [-0.25, -0.2) is 9.97 Å². The van der Waals surface area contributed by atoms with Gasteiger partial charge >= 0.3 is 6.36 Å². The van der Waals surface area contributed by atoms with E-state index in [1.54, 1.807) is 6.33 Å². The van der Waals surface area contributed by atoms with Crippen molar-refractivity contribution in [3.8, 4) is 5.75 Å². The lowest BCUT2D eigenvalue weighted by Crippen LogP contribution is -2.43. The van der Waals surface area contributed by atoms with Gasteiger partial charge in [-0.3, -0.25) is 4.79 Å². The average Bonchev–Trinajstić information content (AvgIpc) is 3.19. The van der Waals surface area contributed by atoms with Crippen molar-refractivity contribution in [2.45, 2.75) is 45.1 Å². The van der Waals surface area contributed by atoms with Crippen LogP contribution in [0.15, 0.2) is 30.7 Å². The van der Waals surface area contributed by atoms with E-state index in [0.29, 0.717) is 11.2 Å². The molecule has 2 aromatic heterocycles. The highest BCUT2D eigenvalue weighted by Crippen LogP contribution is 2.33. The first-order valence-electron chi connectivity index (χ1n) is 10.9. The van der Waals surface area contributed by atoms with E-state index in [0.717, 1.165) is 32.0 Å². The number of fused-ring (bicyclic) bond motifs is 1. The summed E-state index contributed by atoms with van der Waals surface area (Å²) in [4.78, 5) is 27.6. The minimum atomic E-state index is -4.94. The summed E-state index contributed by atoms with van der Waals surface area (Å²) in [7, 11) is 2.00. The lowest BCUT2D eigenvalue weighted by Gasteiger charge is -2.29. The molecule has 0 aliphatic carbocycles. The molecule has 0 saturated carbocycles. The Balaban J connectivity index is 1.58. The number of amides is 1. The Morgan fingerprint density at radius 2 is 1.94 bits per heavy atom. The number of nitrogens with one attached hydrogen (secondary N) is 2. The lowest BCUT2D eigenvalue weighted by atomic mass is 10.0. The van der Waals surface area contributed by atoms with Crippen molar-refractivity contribution in [1.29, 1.82) is 0 Å². The third-order valence-corrected chi connectivity index (χ3v) is 5.64. The number of imidazole rings is 1. The van der Waals surface area contributed by atoms with Crippen LogP contribution in [0.1, 0.15) is 43.1 Å². The minimum Gasteiger partial charge on any atom is -0.404 e. The van der Waals surface area contributed by atoms with E-state index in [4.69, 9.17) is 0 Å². The SMILES string of the molecule is CC(C)n1cnc2cnc(Nc3ccc(C(=O)NC4CCN(C)CC4)cc3OC(F)(F)F)nc21. The van der Waals surface area contributed by atoms with E-state index in [2.05, 4.69) is 35.2 Å². The number of likely N-dealkylation sites (tertiary alicyclic amines) is 1. The molecular weight excluding hydrogens is 451 g/mol. The molecule has 1 fully saturated rings. The number of aromatic nitrogens is 4. The molecule has 9 nitrogen and oxygen atoms in total. The van der Waals surface area contributed by atoms with Gasteiger partial charge in [0, 0.05) is 17.6 Å². The Bertz CT molecular complexity index is 1170. The maximum atomic E-state index is 13.1. The van der Waals surface area contributed by atoms with Crippen molar-refractivity contribution in [2.75, 3.05) is 25.5 Å². The largest absolute Gasteiger partial charge is 0.573 e. The van der Waals surface area contributed by atoms with Crippen LogP contribution in [-0.4, -0.2) is 62.9 Å². The van der Waals surface area contributed by atoms with Gasteiger partial charge in [-0.05, 0) is 65.0 Å². The molecule has 0 spiro atoms. The van der Waals surface area contributed by atoms with Crippen molar-refractivity contribution < 1.29 is 22.7 Å². The Kier molecular flexibility index (Phi) is 6.60. The highest BCUT2D eigenvalue weighted by molar-refractivity contribution is 5.95. The predicted molar refractivity (Wildman–Crippen MR) is 120 cm³/mol. The molecule has 0 atom stereocenters. The summed E-state index contributed by atoms with van der Waals surface area (Å²) in [5, 5.41) is 5.66. The third-order valence-electron chi connectivity index (χ3n) is 5.64. The number of alkyl halides is 3. The maximum Gasteiger partial charge on any atom is 0.573 e. The van der Waals surface area contributed by atoms with Gasteiger partial charge in [-0.2, -0.15) is 4.98 Å². The number of hydrogen-bond acceptors (Lipinski definition) is 7. The van der Waals surface area contributed by atoms with Gasteiger partial charge in [0.15, 0.2) is 11.4 Å². The molecule has 1 amide bonds. The van der Waals surface area contributed by atoms with Crippen molar-refractivity contribution in [3.63, 3.8) is 0 Å². The summed E-state index contributed by atoms with van der Waals surface area (Å²) in [6, 6.07) is 3.90. The zero-order chi connectivity index (χ0) is 24.5. The number of anilines is 2. The summed E-state index contributed by atoms with van der Waals surface area (Å²) in [5.74, 6) is -0.929. The van der Waals surface area contributed by atoms with Crippen LogP contribution in [0.5, 0.6) is 5.75 Å². The molecule has 0 unspecified atom stereocenters. The topological polar surface area (TPSA) is 97.2 Å². The van der Waals surface area contributed by atoms with Gasteiger partial charge in [0.1, 0.15) is 5.52 Å². The molecule has 3 aromatic rings. The summed E-state index contributed by atoms with van der Waals surface area (Å²) < 4.78 is 45.4. The quantitative estimate of drug-likeness (QED) is 0.556. The van der Waals surface area contributed by atoms with Crippen LogP contribution in [0.4, 0.5) is 24.8 Å². The fourth-order valence-corrected chi connectivity index (χ4v) is 3.78. The van der Waals surface area contributed by atoms with Crippen LogP contribution in [-0.2, 0) is 0 Å². The lowest BCUT2D eigenvalue weighted by molar-refractivity contribution is -0.274. The number of carbonyl (C=O) groups is 1. The molecule has 34 heavy (non-hydrogen) atoms. The maximum absolute atomic E-state index is 13.1. The zero-order valence-corrected chi connectivity index (χ0v) is 19.1. The fraction of sp³-hybridized carbons (Fsp3) is 0.455. The van der Waals surface area contributed by atoms with E-state index in [9.17, 15) is 18.0 Å². The molecule has 12 heteroatoms. The van der Waals surface area contributed by atoms with Gasteiger partial charge in [-0.1, -0.05) is 0 Å². The van der Waals surface area contributed by atoms with Crippen LogP contribution in [0.2, 0.25) is 0 Å². The van der Waals surface area contributed by atoms with Gasteiger partial charge in [0.05, 0.1) is 18.2 Å². The van der Waals surface area contributed by atoms with E-state index < -0.39 is 18.0 Å². The van der Waals surface area contributed by atoms with Crippen LogP contribution in [0.25, 0.3) is 11.2 Å². The van der Waals surface area contributed by atoms with Crippen LogP contribution < -0.4 is 15.4 Å². The summed E-state index contributed by atoms with van der Waals surface area (Å²) in [5.41, 5.74) is 1.15. The Morgan fingerprint density at radius 1 is 1.21 bits per heavy atom. The molecule has 3 heterocycles. The normalized spacial score (nSPS) is 15.6. The highest BCUT2D eigenvalue weighted by atomic mass is 19.4. The summed E-state index contributed by atoms with van der Waals surface area (Å²) >= 11 is 0. The predicted octanol–water partition coefficient (Wildman–Crippen LogP) is 3.87. The highest BCUT2D eigenvalue weighted by Gasteiger charge is 2.33. The summed E-state index contributed by atoms with van der Waals surface area (Å²) in [6.07, 6.45) is -0.275. The summed E-state index contributed by atoms with van der Waals surface area (Å²) in [6.45, 7) is 5.61. The Hall–Kier alpha value is -3.41. The van der Waals surface area contributed by atoms with Crippen molar-refractivity contribution in [3.05, 3.63) is 36.3 Å². The molecular formula is C22H26F3N7O2. The second-order valence-electron chi connectivity index (χ2n) is 8.58. The van der Waals surface area contributed by atoms with E-state index in [-0.39, 0.29) is 29.3 Å². The number of ether oxygens (including phenoxy) is 1. The standard InChI is InChI=1S/C22H26F3N7O2/c1-13(2)32-12-27-17-11-26-21(30-19(17)32)29-16-5-4-14(10-18(16)34-22(23,24)25)20(33)28-15-6-8-31(3)9-7-15/h4-5,10-13,15H,6-9H2,1-3H3,(H,28,33)(H,26,29,30). The first-order valence-corrected chi connectivity index (χ1v) is 10.9. The molecule has 1 saturated heterocycles. The van der Waals surface area contributed by atoms with Crippen LogP contribution in [0, 0.1) is 0 Å². The molecule has 2 N–H and O–H groups in total. The first-order chi connectivity index (χ1) is 16.1. The molecule has 4 rings (SSSR count). The average molecular weight is 477 g/mol. The Labute approximate surface area is 194 Å². The number of nitrogens with zero attached hydrogens (tertiary/aromatic N) is 5. The fourth-order valence-electron chi connectivity index (χ4n) is 3.78. The second kappa shape index (κ2) is 9.45. The smallest absolute Gasteiger partial charge is 0.404 e. The monoisotopic (exact) mass is 477 g/mol. The van der Waals surface area contributed by atoms with Gasteiger partial charge in [-0.15, -0.1) is 13.2 Å². The van der Waals surface area contributed by atoms with Gasteiger partial charge in [0.2, 0.25) is 5.95 Å². The molecule has 1 aliphatic rings. The van der Waals surface area contributed by atoms with E-state index >= 15 is 0 Å². The van der Waals surface area contributed by atoms with Gasteiger partial charge in [0.25, 0.3) is 5.91 Å². The third kappa shape index (κ3) is 5.56. The van der Waals surface area contributed by atoms with E-state index in [1.807, 2.05) is 25.5 Å². The molecule has 1 aliphatic heterocycles. The number of benzene rings is 1. The van der Waals surface area contributed by atoms with Gasteiger partial charge < -0.3 is 24.8 Å². The van der Waals surface area contributed by atoms with Crippen LogP contribution in [0.3, 0.4) is 0 Å². The second-order valence-corrected chi connectivity index (χ2v) is 8.58. The van der Waals surface area contributed by atoms with Crippen molar-refractivity contribution >= 4 is 28.7 Å². The number of hydrogen-bond donors (Lipinski definition) is 2. The first kappa shape index (κ1) is 23.7. The number of piperidine rings is 1. The number of rotatable bonds is 6. The zero-order valence-electron chi connectivity index (χ0n) is 19.1. The molecule has 0 radical (unpaired) electrons. The molecule has 182 valence electrons. The molecule has 0 bridgehead atoms. The number of carbonyl (C=O) groups excluding carboxylic acids is 1. The number of halogens is 3. The van der Waals surface area contributed by atoms with Crippen molar-refractivity contribution in [1.82, 2.24) is 29.7 Å². The Morgan fingerprint density at radius 3 is 2.62 bits per heavy atom. The van der Waals surface area contributed by atoms with E-state index in [1.165, 1.54) is 18.3 Å². The molecule has 1 aromatic carbocycles. The van der Waals surface area contributed by atoms with Crippen LogP contribution >= 0.6 is 0 Å². The minimum absolute atomic E-state index is 0.0249. The van der Waals surface area contributed by atoms with Crippen molar-refractivity contribution in [2.24, 2.45) is 0 Å².